The molecule has 2 aromatic carbocycles. The highest BCUT2D eigenvalue weighted by Gasteiger charge is 2.28. The van der Waals surface area contributed by atoms with Crippen LogP contribution in [0.25, 0.3) is 0 Å². The zero-order valence-corrected chi connectivity index (χ0v) is 17.0. The summed E-state index contributed by atoms with van der Waals surface area (Å²) in [5.41, 5.74) is 13.3. The third-order valence-corrected chi connectivity index (χ3v) is 5.66. The first-order valence-electron chi connectivity index (χ1n) is 8.81. The summed E-state index contributed by atoms with van der Waals surface area (Å²) in [6.45, 7) is 2.40. The summed E-state index contributed by atoms with van der Waals surface area (Å²) in [7, 11) is -3.80. The number of sulfone groups is 1. The second kappa shape index (κ2) is 9.42. The van der Waals surface area contributed by atoms with Gasteiger partial charge in [0.25, 0.3) is 0 Å². The average Bonchev–Trinajstić information content (AvgIpc) is 2.60. The fourth-order valence-corrected chi connectivity index (χ4v) is 4.33. The van der Waals surface area contributed by atoms with E-state index in [0.717, 1.165) is 0 Å². The van der Waals surface area contributed by atoms with E-state index in [1.165, 1.54) is 13.8 Å². The molecule has 0 saturated heterocycles. The molecular weight excluding hydrogens is 396 g/mol. The summed E-state index contributed by atoms with van der Waals surface area (Å²) in [5, 5.41) is 0. The molecule has 9 heteroatoms. The van der Waals surface area contributed by atoms with Gasteiger partial charge in [0.2, 0.25) is 0 Å². The Morgan fingerprint density at radius 2 is 1.07 bits per heavy atom. The Balaban J connectivity index is 2.26. The standard InChI is InChI=1S/C20H24N2O6S/c1-13(23)27-19(15-3-7-17(21)8-4-15)11-29(25,26)12-20(28-14(2)24)16-5-9-18(22)10-6-16/h3-10,19-20H,11-12,21-22H2,1-2H3. The lowest BCUT2D eigenvalue weighted by Gasteiger charge is -2.21. The van der Waals surface area contributed by atoms with Gasteiger partial charge in [-0.2, -0.15) is 0 Å². The molecule has 2 atom stereocenters. The van der Waals surface area contributed by atoms with Crippen molar-refractivity contribution in [1.82, 2.24) is 0 Å². The fraction of sp³-hybridized carbons (Fsp3) is 0.300. The number of rotatable bonds is 8. The Kier molecular flexibility index (Phi) is 7.22. The summed E-state index contributed by atoms with van der Waals surface area (Å²) in [6.07, 6.45) is -2.02. The van der Waals surface area contributed by atoms with E-state index in [9.17, 15) is 18.0 Å². The van der Waals surface area contributed by atoms with Crippen LogP contribution in [0.5, 0.6) is 0 Å². The minimum atomic E-state index is -3.80. The number of anilines is 2. The Bertz CT molecular complexity index is 882. The van der Waals surface area contributed by atoms with Crippen molar-refractivity contribution >= 4 is 33.2 Å². The van der Waals surface area contributed by atoms with Gasteiger partial charge >= 0.3 is 11.9 Å². The molecule has 0 bridgehead atoms. The second-order valence-corrected chi connectivity index (χ2v) is 8.76. The van der Waals surface area contributed by atoms with Gasteiger partial charge < -0.3 is 20.9 Å². The first kappa shape index (κ1) is 22.2. The Hall–Kier alpha value is -3.07. The molecule has 0 aromatic heterocycles. The van der Waals surface area contributed by atoms with E-state index < -0.39 is 45.5 Å². The van der Waals surface area contributed by atoms with Gasteiger partial charge in [-0.25, -0.2) is 8.42 Å². The van der Waals surface area contributed by atoms with Crippen LogP contribution >= 0.6 is 0 Å². The minimum Gasteiger partial charge on any atom is -0.457 e. The van der Waals surface area contributed by atoms with Crippen LogP contribution in [-0.2, 0) is 28.9 Å². The van der Waals surface area contributed by atoms with E-state index in [1.807, 2.05) is 0 Å². The fourth-order valence-electron chi connectivity index (χ4n) is 2.75. The highest BCUT2D eigenvalue weighted by atomic mass is 32.2. The summed E-state index contributed by atoms with van der Waals surface area (Å²) in [6, 6.07) is 12.8. The zero-order valence-electron chi connectivity index (χ0n) is 16.2. The molecule has 0 fully saturated rings. The minimum absolute atomic E-state index is 0.469. The molecule has 29 heavy (non-hydrogen) atoms. The molecule has 0 aliphatic rings. The number of benzene rings is 2. The molecule has 0 amide bonds. The molecule has 0 heterocycles. The molecule has 0 spiro atoms. The van der Waals surface area contributed by atoms with Gasteiger partial charge in [0.05, 0.1) is 11.5 Å². The Morgan fingerprint density at radius 1 is 0.759 bits per heavy atom. The predicted molar refractivity (Wildman–Crippen MR) is 109 cm³/mol. The van der Waals surface area contributed by atoms with Gasteiger partial charge in [0.1, 0.15) is 12.2 Å². The zero-order chi connectivity index (χ0) is 21.6. The monoisotopic (exact) mass is 420 g/mol. The van der Waals surface area contributed by atoms with Crippen molar-refractivity contribution in [2.75, 3.05) is 23.0 Å². The number of esters is 2. The summed E-state index contributed by atoms with van der Waals surface area (Å²) in [5.74, 6) is -2.17. The van der Waals surface area contributed by atoms with Crippen molar-refractivity contribution in [2.45, 2.75) is 26.1 Å². The molecule has 0 radical (unpaired) electrons. The lowest BCUT2D eigenvalue weighted by Crippen LogP contribution is -2.26. The molecule has 2 unspecified atom stereocenters. The summed E-state index contributed by atoms with van der Waals surface area (Å²) >= 11 is 0. The highest BCUT2D eigenvalue weighted by Crippen LogP contribution is 2.26. The van der Waals surface area contributed by atoms with Gasteiger partial charge in [-0.05, 0) is 35.4 Å². The van der Waals surface area contributed by atoms with Crippen LogP contribution < -0.4 is 11.5 Å². The van der Waals surface area contributed by atoms with Crippen molar-refractivity contribution in [3.05, 3.63) is 59.7 Å². The van der Waals surface area contributed by atoms with Crippen molar-refractivity contribution < 1.29 is 27.5 Å². The van der Waals surface area contributed by atoms with Gasteiger partial charge in [-0.1, -0.05) is 24.3 Å². The third-order valence-electron chi connectivity index (χ3n) is 4.04. The van der Waals surface area contributed by atoms with Crippen molar-refractivity contribution in [2.24, 2.45) is 0 Å². The third kappa shape index (κ3) is 7.11. The summed E-state index contributed by atoms with van der Waals surface area (Å²) in [4.78, 5) is 23.0. The van der Waals surface area contributed by atoms with Gasteiger partial charge in [0.15, 0.2) is 9.84 Å². The van der Waals surface area contributed by atoms with E-state index in [-0.39, 0.29) is 0 Å². The van der Waals surface area contributed by atoms with E-state index in [1.54, 1.807) is 48.5 Å². The SMILES string of the molecule is CC(=O)OC(CS(=O)(=O)CC(OC(C)=O)c1ccc(N)cc1)c1ccc(N)cc1. The number of hydrogen-bond donors (Lipinski definition) is 2. The van der Waals surface area contributed by atoms with Crippen LogP contribution in [0.4, 0.5) is 11.4 Å². The quantitative estimate of drug-likeness (QED) is 0.489. The van der Waals surface area contributed by atoms with E-state index in [0.29, 0.717) is 22.5 Å². The Labute approximate surface area is 169 Å². The van der Waals surface area contributed by atoms with Crippen molar-refractivity contribution in [3.63, 3.8) is 0 Å². The maximum Gasteiger partial charge on any atom is 0.303 e. The lowest BCUT2D eigenvalue weighted by molar-refractivity contribution is -0.146. The molecule has 8 nitrogen and oxygen atoms in total. The first-order chi connectivity index (χ1) is 13.6. The molecule has 156 valence electrons. The van der Waals surface area contributed by atoms with Gasteiger partial charge in [-0.3, -0.25) is 9.59 Å². The second-order valence-electron chi connectivity index (χ2n) is 6.61. The van der Waals surface area contributed by atoms with Crippen LogP contribution in [0.15, 0.2) is 48.5 Å². The van der Waals surface area contributed by atoms with Gasteiger partial charge in [0, 0.05) is 25.2 Å². The number of nitrogen functional groups attached to an aromatic ring is 2. The average molecular weight is 420 g/mol. The molecule has 0 saturated carbocycles. The smallest absolute Gasteiger partial charge is 0.303 e. The van der Waals surface area contributed by atoms with Crippen LogP contribution in [-0.4, -0.2) is 31.9 Å². The molecule has 2 aromatic rings. The Morgan fingerprint density at radius 3 is 1.34 bits per heavy atom. The summed E-state index contributed by atoms with van der Waals surface area (Å²) < 4.78 is 36.2. The first-order valence-corrected chi connectivity index (χ1v) is 10.6. The topological polar surface area (TPSA) is 139 Å². The highest BCUT2D eigenvalue weighted by molar-refractivity contribution is 7.91. The van der Waals surface area contributed by atoms with Crippen molar-refractivity contribution in [1.29, 1.82) is 0 Å². The van der Waals surface area contributed by atoms with Crippen molar-refractivity contribution in [3.8, 4) is 0 Å². The number of nitrogens with two attached hydrogens (primary N) is 2. The largest absolute Gasteiger partial charge is 0.457 e. The normalized spacial score (nSPS) is 13.3. The predicted octanol–water partition coefficient (Wildman–Crippen LogP) is 2.17. The van der Waals surface area contributed by atoms with Crippen LogP contribution in [0.3, 0.4) is 0 Å². The number of carbonyl (C=O) groups is 2. The molecule has 2 rings (SSSR count). The van der Waals surface area contributed by atoms with Crippen LogP contribution in [0, 0.1) is 0 Å². The van der Waals surface area contributed by atoms with Crippen LogP contribution in [0.2, 0.25) is 0 Å². The molecule has 0 aliphatic heterocycles. The molecule has 4 N–H and O–H groups in total. The van der Waals surface area contributed by atoms with E-state index in [4.69, 9.17) is 20.9 Å². The molecular formula is C20H24N2O6S. The van der Waals surface area contributed by atoms with Crippen LogP contribution in [0.1, 0.15) is 37.2 Å². The van der Waals surface area contributed by atoms with Gasteiger partial charge in [-0.15, -0.1) is 0 Å². The maximum atomic E-state index is 12.9. The maximum absolute atomic E-state index is 12.9. The van der Waals surface area contributed by atoms with E-state index in [2.05, 4.69) is 0 Å². The number of carbonyl (C=O) groups excluding carboxylic acids is 2. The van der Waals surface area contributed by atoms with E-state index >= 15 is 0 Å². The lowest BCUT2D eigenvalue weighted by atomic mass is 10.1. The number of hydrogen-bond acceptors (Lipinski definition) is 8. The number of ether oxygens (including phenoxy) is 2. The molecule has 0 aliphatic carbocycles.